The number of nitrogens with one attached hydrogen (secondary N) is 1. The summed E-state index contributed by atoms with van der Waals surface area (Å²) in [4.78, 5) is 27.2. The van der Waals surface area contributed by atoms with E-state index in [9.17, 15) is 9.59 Å². The van der Waals surface area contributed by atoms with Crippen molar-refractivity contribution < 1.29 is 14.3 Å². The van der Waals surface area contributed by atoms with Gasteiger partial charge in [0.1, 0.15) is 6.04 Å². The molecule has 0 saturated carbocycles. The van der Waals surface area contributed by atoms with E-state index >= 15 is 0 Å². The van der Waals surface area contributed by atoms with Gasteiger partial charge in [-0.15, -0.1) is 11.8 Å². The van der Waals surface area contributed by atoms with Gasteiger partial charge in [-0.3, -0.25) is 9.59 Å². The summed E-state index contributed by atoms with van der Waals surface area (Å²) < 4.78 is 5.88. The average Bonchev–Trinajstić information content (AvgIpc) is 3.28. The first kappa shape index (κ1) is 23.1. The molecule has 31 heavy (non-hydrogen) atoms. The zero-order valence-electron chi connectivity index (χ0n) is 18.2. The highest BCUT2D eigenvalue weighted by Crippen LogP contribution is 2.23. The minimum atomic E-state index is -0.431. The van der Waals surface area contributed by atoms with E-state index < -0.39 is 6.04 Å². The van der Waals surface area contributed by atoms with Crippen LogP contribution in [0, 0.1) is 0 Å². The molecule has 2 aromatic rings. The summed E-state index contributed by atoms with van der Waals surface area (Å²) in [7, 11) is 0. The molecule has 3 rings (SSSR count). The van der Waals surface area contributed by atoms with Crippen molar-refractivity contribution in [3.05, 3.63) is 82.9 Å². The Kier molecular flexibility index (Phi) is 8.74. The number of nitrogens with zero attached hydrogens (tertiary/aromatic N) is 1. The van der Waals surface area contributed by atoms with Crippen molar-refractivity contribution in [1.29, 1.82) is 0 Å². The molecule has 1 N–H and O–H groups in total. The maximum Gasteiger partial charge on any atom is 0.250 e. The molecule has 2 amide bonds. The van der Waals surface area contributed by atoms with Gasteiger partial charge >= 0.3 is 0 Å². The quantitative estimate of drug-likeness (QED) is 0.594. The van der Waals surface area contributed by atoms with Crippen LogP contribution in [0.2, 0.25) is 0 Å². The van der Waals surface area contributed by atoms with Gasteiger partial charge in [-0.05, 0) is 30.0 Å². The van der Waals surface area contributed by atoms with Gasteiger partial charge in [-0.2, -0.15) is 0 Å². The largest absolute Gasteiger partial charge is 0.372 e. The van der Waals surface area contributed by atoms with Crippen molar-refractivity contribution >= 4 is 23.6 Å². The zero-order valence-corrected chi connectivity index (χ0v) is 19.0. The van der Waals surface area contributed by atoms with E-state index in [1.165, 1.54) is 0 Å². The van der Waals surface area contributed by atoms with Gasteiger partial charge < -0.3 is 15.0 Å². The van der Waals surface area contributed by atoms with E-state index in [4.69, 9.17) is 4.74 Å². The number of allylic oxidation sites excluding steroid dienone is 1. The van der Waals surface area contributed by atoms with Crippen LogP contribution in [-0.2, 0) is 34.1 Å². The minimum absolute atomic E-state index is 0.0540. The highest BCUT2D eigenvalue weighted by molar-refractivity contribution is 7.99. The SMILES string of the molecule is CC/C=C(/C)C(=O)N1CSCC1C(=O)NCc1ccccc1COCc1ccccc1. The Bertz CT molecular complexity index is 914. The lowest BCUT2D eigenvalue weighted by Crippen LogP contribution is -2.47. The molecule has 6 heteroatoms. The van der Waals surface area contributed by atoms with Gasteiger partial charge in [-0.1, -0.05) is 67.6 Å². The Morgan fingerprint density at radius 2 is 1.81 bits per heavy atom. The van der Waals surface area contributed by atoms with Crippen LogP contribution in [0.5, 0.6) is 0 Å². The fourth-order valence-corrected chi connectivity index (χ4v) is 4.66. The molecule has 164 valence electrons. The summed E-state index contributed by atoms with van der Waals surface area (Å²) in [5, 5.41) is 3.02. The predicted molar refractivity (Wildman–Crippen MR) is 125 cm³/mol. The molecule has 2 aromatic carbocycles. The van der Waals surface area contributed by atoms with Crippen LogP contribution in [-0.4, -0.2) is 34.4 Å². The molecular weight excluding hydrogens is 408 g/mol. The van der Waals surface area contributed by atoms with E-state index in [2.05, 4.69) is 5.32 Å². The van der Waals surface area contributed by atoms with Gasteiger partial charge in [0.05, 0.1) is 19.1 Å². The molecule has 1 atom stereocenters. The number of ether oxygens (including phenoxy) is 1. The summed E-state index contributed by atoms with van der Waals surface area (Å²) >= 11 is 1.61. The van der Waals surface area contributed by atoms with E-state index in [-0.39, 0.29) is 11.8 Å². The van der Waals surface area contributed by atoms with Gasteiger partial charge in [0.2, 0.25) is 5.91 Å². The summed E-state index contributed by atoms with van der Waals surface area (Å²) in [5.41, 5.74) is 3.90. The molecule has 1 aliphatic heterocycles. The Labute approximate surface area is 188 Å². The topological polar surface area (TPSA) is 58.6 Å². The first-order valence-electron chi connectivity index (χ1n) is 10.6. The van der Waals surface area contributed by atoms with Crippen LogP contribution in [0.4, 0.5) is 0 Å². The molecule has 1 saturated heterocycles. The Balaban J connectivity index is 1.56. The summed E-state index contributed by atoms with van der Waals surface area (Å²) in [6, 6.07) is 17.6. The fraction of sp³-hybridized carbons (Fsp3) is 0.360. The predicted octanol–water partition coefficient (Wildman–Crippen LogP) is 4.28. The zero-order chi connectivity index (χ0) is 22.1. The van der Waals surface area contributed by atoms with Crippen molar-refractivity contribution in [2.45, 2.75) is 46.1 Å². The van der Waals surface area contributed by atoms with Crippen LogP contribution in [0.1, 0.15) is 37.0 Å². The second-order valence-corrected chi connectivity index (χ2v) is 8.55. The van der Waals surface area contributed by atoms with Crippen LogP contribution in [0.15, 0.2) is 66.2 Å². The number of carbonyl (C=O) groups excluding carboxylic acids is 2. The third-order valence-electron chi connectivity index (χ3n) is 5.23. The van der Waals surface area contributed by atoms with Gasteiger partial charge in [0.25, 0.3) is 5.91 Å². The van der Waals surface area contributed by atoms with Crippen LogP contribution < -0.4 is 5.32 Å². The van der Waals surface area contributed by atoms with E-state index in [0.29, 0.717) is 37.0 Å². The van der Waals surface area contributed by atoms with E-state index in [1.54, 1.807) is 16.7 Å². The Morgan fingerprint density at radius 3 is 2.55 bits per heavy atom. The highest BCUT2D eigenvalue weighted by Gasteiger charge is 2.34. The van der Waals surface area contributed by atoms with Crippen LogP contribution in [0.3, 0.4) is 0 Å². The highest BCUT2D eigenvalue weighted by atomic mass is 32.2. The number of thioether (sulfide) groups is 1. The van der Waals surface area contributed by atoms with Gasteiger partial charge in [0.15, 0.2) is 0 Å². The Morgan fingerprint density at radius 1 is 1.10 bits per heavy atom. The molecule has 0 bridgehead atoms. The van der Waals surface area contributed by atoms with Crippen molar-refractivity contribution in [2.75, 3.05) is 11.6 Å². The molecular formula is C25H30N2O3S. The van der Waals surface area contributed by atoms with E-state index in [0.717, 1.165) is 23.1 Å². The molecule has 1 heterocycles. The number of benzene rings is 2. The average molecular weight is 439 g/mol. The molecule has 0 spiro atoms. The maximum atomic E-state index is 12.9. The third kappa shape index (κ3) is 6.45. The normalized spacial score (nSPS) is 16.4. The smallest absolute Gasteiger partial charge is 0.250 e. The second kappa shape index (κ2) is 11.7. The van der Waals surface area contributed by atoms with Crippen molar-refractivity contribution in [1.82, 2.24) is 10.2 Å². The van der Waals surface area contributed by atoms with Crippen molar-refractivity contribution in [3.8, 4) is 0 Å². The lowest BCUT2D eigenvalue weighted by atomic mass is 10.1. The molecule has 0 radical (unpaired) electrons. The lowest BCUT2D eigenvalue weighted by molar-refractivity contribution is -0.135. The summed E-state index contributed by atoms with van der Waals surface area (Å²) in [5.74, 6) is 1.01. The van der Waals surface area contributed by atoms with Crippen LogP contribution >= 0.6 is 11.8 Å². The number of amides is 2. The molecule has 1 aliphatic rings. The molecule has 0 aliphatic carbocycles. The third-order valence-corrected chi connectivity index (χ3v) is 6.25. The van der Waals surface area contributed by atoms with Crippen molar-refractivity contribution in [2.24, 2.45) is 0 Å². The number of hydrogen-bond acceptors (Lipinski definition) is 4. The standard InChI is InChI=1S/C25H30N2O3S/c1-3-9-19(2)25(29)27-18-31-17-23(27)24(28)26-14-21-12-7-8-13-22(21)16-30-15-20-10-5-4-6-11-20/h4-13,23H,3,14-18H2,1-2H3,(H,26,28)/b19-9-. The lowest BCUT2D eigenvalue weighted by Gasteiger charge is -2.23. The first-order valence-corrected chi connectivity index (χ1v) is 11.8. The number of hydrogen-bond donors (Lipinski definition) is 1. The maximum absolute atomic E-state index is 12.9. The van der Waals surface area contributed by atoms with E-state index in [1.807, 2.05) is 74.5 Å². The monoisotopic (exact) mass is 438 g/mol. The number of carbonyl (C=O) groups is 2. The minimum Gasteiger partial charge on any atom is -0.372 e. The second-order valence-electron chi connectivity index (χ2n) is 7.55. The number of rotatable bonds is 9. The summed E-state index contributed by atoms with van der Waals surface area (Å²) in [6.45, 7) is 5.25. The van der Waals surface area contributed by atoms with Gasteiger partial charge in [-0.25, -0.2) is 0 Å². The molecule has 1 fully saturated rings. The first-order chi connectivity index (χ1) is 15.1. The fourth-order valence-electron chi connectivity index (χ4n) is 3.50. The molecule has 1 unspecified atom stereocenters. The molecule has 5 nitrogen and oxygen atoms in total. The Hall–Kier alpha value is -2.57. The van der Waals surface area contributed by atoms with Crippen molar-refractivity contribution in [3.63, 3.8) is 0 Å². The van der Waals surface area contributed by atoms with Crippen LogP contribution in [0.25, 0.3) is 0 Å². The van der Waals surface area contributed by atoms with Gasteiger partial charge in [0, 0.05) is 17.9 Å². The molecule has 0 aromatic heterocycles. The summed E-state index contributed by atoms with van der Waals surface area (Å²) in [6.07, 6.45) is 2.71.